The Morgan fingerprint density at radius 2 is 2.06 bits per heavy atom. The van der Waals surface area contributed by atoms with Gasteiger partial charge in [0.05, 0.1) is 6.04 Å². The highest BCUT2D eigenvalue weighted by atomic mass is 15.4. The summed E-state index contributed by atoms with van der Waals surface area (Å²) in [5.41, 5.74) is 0. The number of nitrogens with one attached hydrogen (secondary N) is 1. The Morgan fingerprint density at radius 1 is 1.24 bits per heavy atom. The maximum Gasteiger partial charge on any atom is 0.150 e. The van der Waals surface area contributed by atoms with Gasteiger partial charge in [-0.2, -0.15) is 5.10 Å². The highest BCUT2D eigenvalue weighted by molar-refractivity contribution is 5.03. The number of hydrogen-bond acceptors (Lipinski definition) is 3. The first kappa shape index (κ1) is 11.2. The van der Waals surface area contributed by atoms with Crippen molar-refractivity contribution in [3.05, 3.63) is 11.6 Å². The van der Waals surface area contributed by atoms with E-state index in [1.807, 2.05) is 0 Å². The molecule has 2 heterocycles. The van der Waals surface area contributed by atoms with Gasteiger partial charge in [0.1, 0.15) is 5.82 Å². The van der Waals surface area contributed by atoms with E-state index >= 15 is 0 Å². The van der Waals surface area contributed by atoms with Gasteiger partial charge < -0.3 is 5.32 Å². The monoisotopic (exact) mass is 234 g/mol. The minimum atomic E-state index is 0.444. The lowest BCUT2D eigenvalue weighted by molar-refractivity contribution is 0.335. The van der Waals surface area contributed by atoms with Crippen molar-refractivity contribution in [2.24, 2.45) is 0 Å². The summed E-state index contributed by atoms with van der Waals surface area (Å²) in [5, 5.41) is 8.35. The second-order valence-electron chi connectivity index (χ2n) is 5.31. The van der Waals surface area contributed by atoms with E-state index in [9.17, 15) is 0 Å². The molecule has 1 saturated carbocycles. The molecule has 1 atom stereocenters. The zero-order valence-corrected chi connectivity index (χ0v) is 10.7. The van der Waals surface area contributed by atoms with E-state index in [0.717, 1.165) is 18.8 Å². The molecule has 2 aliphatic rings. The molecule has 0 saturated heterocycles. The van der Waals surface area contributed by atoms with Crippen molar-refractivity contribution in [3.63, 3.8) is 0 Å². The fraction of sp³-hybridized carbons (Fsp3) is 0.846. The standard InChI is InChI=1S/C13H22N4/c1-2-12-15-13-11(8-5-9-17(13)16-12)14-10-6-3-4-7-10/h10-11,14H,2-9H2,1H3. The van der Waals surface area contributed by atoms with Crippen LogP contribution in [0.25, 0.3) is 0 Å². The Bertz CT molecular complexity index is 379. The van der Waals surface area contributed by atoms with Gasteiger partial charge in [-0.3, -0.25) is 0 Å². The average molecular weight is 234 g/mol. The van der Waals surface area contributed by atoms with Gasteiger partial charge in [0.2, 0.25) is 0 Å². The van der Waals surface area contributed by atoms with Crippen molar-refractivity contribution in [2.45, 2.75) is 70.5 Å². The molecule has 0 spiro atoms. The van der Waals surface area contributed by atoms with Crippen LogP contribution in [0.1, 0.15) is 63.1 Å². The molecule has 94 valence electrons. The smallest absolute Gasteiger partial charge is 0.150 e. The van der Waals surface area contributed by atoms with Gasteiger partial charge >= 0.3 is 0 Å². The van der Waals surface area contributed by atoms with E-state index in [2.05, 4.69) is 27.0 Å². The molecular weight excluding hydrogens is 212 g/mol. The normalized spacial score (nSPS) is 25.1. The van der Waals surface area contributed by atoms with Crippen LogP contribution in [-0.4, -0.2) is 20.8 Å². The van der Waals surface area contributed by atoms with Crippen LogP contribution in [0, 0.1) is 0 Å². The molecule has 17 heavy (non-hydrogen) atoms. The molecule has 1 fully saturated rings. The van der Waals surface area contributed by atoms with Gasteiger partial charge in [-0.25, -0.2) is 9.67 Å². The van der Waals surface area contributed by atoms with Gasteiger partial charge in [-0.05, 0) is 25.7 Å². The SMILES string of the molecule is CCc1nc2n(n1)CCCC2NC1CCCC1. The minimum absolute atomic E-state index is 0.444. The van der Waals surface area contributed by atoms with Crippen LogP contribution in [0.15, 0.2) is 0 Å². The molecule has 4 nitrogen and oxygen atoms in total. The lowest BCUT2D eigenvalue weighted by atomic mass is 10.1. The van der Waals surface area contributed by atoms with Crippen LogP contribution in [0.5, 0.6) is 0 Å². The van der Waals surface area contributed by atoms with Crippen molar-refractivity contribution < 1.29 is 0 Å². The first-order valence-electron chi connectivity index (χ1n) is 7.06. The fourth-order valence-electron chi connectivity index (χ4n) is 3.08. The predicted molar refractivity (Wildman–Crippen MR) is 66.8 cm³/mol. The van der Waals surface area contributed by atoms with E-state index in [-0.39, 0.29) is 0 Å². The van der Waals surface area contributed by atoms with Crippen LogP contribution < -0.4 is 5.32 Å². The third kappa shape index (κ3) is 2.23. The molecule has 0 aromatic carbocycles. The topological polar surface area (TPSA) is 42.7 Å². The lowest BCUT2D eigenvalue weighted by Crippen LogP contribution is -2.34. The first-order chi connectivity index (χ1) is 8.36. The molecule has 0 bridgehead atoms. The number of rotatable bonds is 3. The summed E-state index contributed by atoms with van der Waals surface area (Å²) in [6.07, 6.45) is 8.84. The summed E-state index contributed by atoms with van der Waals surface area (Å²) in [6, 6.07) is 1.16. The van der Waals surface area contributed by atoms with Crippen LogP contribution in [0.4, 0.5) is 0 Å². The summed E-state index contributed by atoms with van der Waals surface area (Å²) in [6.45, 7) is 3.17. The number of fused-ring (bicyclic) bond motifs is 1. The molecule has 1 aliphatic heterocycles. The van der Waals surface area contributed by atoms with Crippen LogP contribution in [0.2, 0.25) is 0 Å². The minimum Gasteiger partial charge on any atom is -0.305 e. The number of hydrogen-bond donors (Lipinski definition) is 1. The predicted octanol–water partition coefficient (Wildman–Crippen LogP) is 2.21. The Hall–Kier alpha value is -0.900. The second kappa shape index (κ2) is 4.77. The van der Waals surface area contributed by atoms with Crippen molar-refractivity contribution >= 4 is 0 Å². The van der Waals surface area contributed by atoms with Crippen molar-refractivity contribution in [1.82, 2.24) is 20.1 Å². The zero-order valence-electron chi connectivity index (χ0n) is 10.7. The molecule has 1 aromatic heterocycles. The van der Waals surface area contributed by atoms with Crippen molar-refractivity contribution in [1.29, 1.82) is 0 Å². The largest absolute Gasteiger partial charge is 0.305 e. The maximum absolute atomic E-state index is 4.68. The summed E-state index contributed by atoms with van der Waals surface area (Å²) in [4.78, 5) is 4.68. The first-order valence-corrected chi connectivity index (χ1v) is 7.06. The number of aromatic nitrogens is 3. The van der Waals surface area contributed by atoms with Gasteiger partial charge in [0.25, 0.3) is 0 Å². The molecular formula is C13H22N4. The molecule has 1 unspecified atom stereocenters. The Kier molecular flexibility index (Phi) is 3.14. The van der Waals surface area contributed by atoms with Crippen molar-refractivity contribution in [3.8, 4) is 0 Å². The summed E-state index contributed by atoms with van der Waals surface area (Å²) in [5.74, 6) is 2.18. The van der Waals surface area contributed by atoms with Gasteiger partial charge in [-0.15, -0.1) is 0 Å². The summed E-state index contributed by atoms with van der Waals surface area (Å²) in [7, 11) is 0. The highest BCUT2D eigenvalue weighted by Crippen LogP contribution is 2.27. The Labute approximate surface area is 103 Å². The molecule has 4 heteroatoms. The van der Waals surface area contributed by atoms with E-state index in [4.69, 9.17) is 0 Å². The third-order valence-electron chi connectivity index (χ3n) is 4.03. The van der Waals surface area contributed by atoms with E-state index in [1.165, 1.54) is 44.3 Å². The molecule has 0 radical (unpaired) electrons. The fourth-order valence-corrected chi connectivity index (χ4v) is 3.08. The van der Waals surface area contributed by atoms with Crippen LogP contribution >= 0.6 is 0 Å². The van der Waals surface area contributed by atoms with Crippen molar-refractivity contribution in [2.75, 3.05) is 0 Å². The van der Waals surface area contributed by atoms with E-state index < -0.39 is 0 Å². The van der Waals surface area contributed by atoms with Crippen LogP contribution in [-0.2, 0) is 13.0 Å². The van der Waals surface area contributed by atoms with E-state index in [1.54, 1.807) is 0 Å². The molecule has 3 rings (SSSR count). The summed E-state index contributed by atoms with van der Waals surface area (Å²) >= 11 is 0. The molecule has 0 amide bonds. The quantitative estimate of drug-likeness (QED) is 0.872. The Morgan fingerprint density at radius 3 is 2.82 bits per heavy atom. The number of nitrogens with zero attached hydrogens (tertiary/aromatic N) is 3. The number of aryl methyl sites for hydroxylation is 2. The van der Waals surface area contributed by atoms with Crippen LogP contribution in [0.3, 0.4) is 0 Å². The molecule has 1 aromatic rings. The van der Waals surface area contributed by atoms with E-state index in [0.29, 0.717) is 12.1 Å². The highest BCUT2D eigenvalue weighted by Gasteiger charge is 2.27. The van der Waals surface area contributed by atoms with Gasteiger partial charge in [-0.1, -0.05) is 19.8 Å². The lowest BCUT2D eigenvalue weighted by Gasteiger charge is -2.26. The Balaban J connectivity index is 1.75. The second-order valence-corrected chi connectivity index (χ2v) is 5.31. The molecule has 1 aliphatic carbocycles. The zero-order chi connectivity index (χ0) is 11.7. The van der Waals surface area contributed by atoms with Gasteiger partial charge in [0.15, 0.2) is 5.82 Å². The summed E-state index contributed by atoms with van der Waals surface area (Å²) < 4.78 is 2.12. The molecule has 1 N–H and O–H groups in total. The average Bonchev–Trinajstić information content (AvgIpc) is 2.97. The third-order valence-corrected chi connectivity index (χ3v) is 4.03. The maximum atomic E-state index is 4.68. The van der Waals surface area contributed by atoms with Gasteiger partial charge in [0, 0.05) is 19.0 Å².